The number of rotatable bonds is 4. The van der Waals surface area contributed by atoms with Crippen molar-refractivity contribution in [3.05, 3.63) is 35.1 Å². The molecule has 2 rings (SSSR count). The van der Waals surface area contributed by atoms with Crippen molar-refractivity contribution in [1.82, 2.24) is 4.90 Å². The zero-order chi connectivity index (χ0) is 15.2. The van der Waals surface area contributed by atoms with Crippen LogP contribution in [0, 0.1) is 23.1 Å². The van der Waals surface area contributed by atoms with Crippen molar-refractivity contribution in [2.75, 3.05) is 19.7 Å². The summed E-state index contributed by atoms with van der Waals surface area (Å²) < 4.78 is 18.3. The number of nitriles is 1. The Labute approximate surface area is 124 Å². The highest BCUT2D eigenvalue weighted by Gasteiger charge is 2.26. The van der Waals surface area contributed by atoms with Gasteiger partial charge in [-0.25, -0.2) is 4.39 Å². The van der Waals surface area contributed by atoms with Gasteiger partial charge in [-0.2, -0.15) is 5.26 Å². The van der Waals surface area contributed by atoms with Gasteiger partial charge in [-0.1, -0.05) is 0 Å². The van der Waals surface area contributed by atoms with E-state index < -0.39 is 0 Å². The van der Waals surface area contributed by atoms with Gasteiger partial charge in [0.2, 0.25) is 0 Å². The van der Waals surface area contributed by atoms with Crippen LogP contribution in [0.15, 0.2) is 18.2 Å². The number of nitrogens with zero attached hydrogens (tertiary/aromatic N) is 2. The Morgan fingerprint density at radius 2 is 2.19 bits per heavy atom. The van der Waals surface area contributed by atoms with E-state index >= 15 is 0 Å². The normalized spacial score (nSPS) is 16.4. The Kier molecular flexibility index (Phi) is 5.29. The summed E-state index contributed by atoms with van der Waals surface area (Å²) in [6.45, 7) is 4.26. The van der Waals surface area contributed by atoms with E-state index in [1.54, 1.807) is 6.92 Å². The van der Waals surface area contributed by atoms with E-state index in [1.807, 2.05) is 0 Å². The average molecular weight is 290 g/mol. The van der Waals surface area contributed by atoms with Crippen molar-refractivity contribution in [3.63, 3.8) is 0 Å². The molecule has 0 amide bonds. The zero-order valence-electron chi connectivity index (χ0n) is 12.1. The van der Waals surface area contributed by atoms with E-state index in [0.29, 0.717) is 24.3 Å². The summed E-state index contributed by atoms with van der Waals surface area (Å²) in [5.74, 6) is -0.491. The second-order valence-corrected chi connectivity index (χ2v) is 5.22. The molecule has 0 unspecified atom stereocenters. The second kappa shape index (κ2) is 7.19. The quantitative estimate of drug-likeness (QED) is 0.799. The molecule has 1 aromatic rings. The molecule has 0 bridgehead atoms. The van der Waals surface area contributed by atoms with Gasteiger partial charge in [-0.05, 0) is 56.6 Å². The topological polar surface area (TPSA) is 53.3 Å². The highest BCUT2D eigenvalue weighted by atomic mass is 19.1. The first-order chi connectivity index (χ1) is 10.1. The lowest BCUT2D eigenvalue weighted by Gasteiger charge is -2.30. The maximum atomic E-state index is 13.3. The highest BCUT2D eigenvalue weighted by molar-refractivity contribution is 5.72. The molecule has 0 aromatic heterocycles. The molecule has 21 heavy (non-hydrogen) atoms. The molecule has 1 heterocycles. The van der Waals surface area contributed by atoms with Crippen molar-refractivity contribution in [1.29, 1.82) is 5.26 Å². The Balaban J connectivity index is 1.94. The molecule has 0 radical (unpaired) electrons. The van der Waals surface area contributed by atoms with Crippen LogP contribution < -0.4 is 0 Å². The lowest BCUT2D eigenvalue weighted by atomic mass is 9.96. The van der Waals surface area contributed by atoms with E-state index in [-0.39, 0.29) is 17.7 Å². The number of benzene rings is 1. The second-order valence-electron chi connectivity index (χ2n) is 5.22. The molecule has 0 saturated carbocycles. The summed E-state index contributed by atoms with van der Waals surface area (Å²) in [6.07, 6.45) is 1.49. The van der Waals surface area contributed by atoms with Crippen LogP contribution in [-0.4, -0.2) is 30.6 Å². The lowest BCUT2D eigenvalue weighted by Crippen LogP contribution is -2.36. The Bertz CT molecular complexity index is 546. The molecule has 1 aromatic carbocycles. The summed E-state index contributed by atoms with van der Waals surface area (Å²) in [5, 5.41) is 9.06. The maximum absolute atomic E-state index is 13.3. The van der Waals surface area contributed by atoms with E-state index in [4.69, 9.17) is 10.00 Å². The van der Waals surface area contributed by atoms with Crippen LogP contribution in [0.25, 0.3) is 0 Å². The van der Waals surface area contributed by atoms with Gasteiger partial charge in [0.15, 0.2) is 0 Å². The molecule has 1 saturated heterocycles. The van der Waals surface area contributed by atoms with Crippen LogP contribution in [0.3, 0.4) is 0 Å². The third-order valence-electron chi connectivity index (χ3n) is 3.79. The van der Waals surface area contributed by atoms with Crippen molar-refractivity contribution in [2.45, 2.75) is 26.3 Å². The van der Waals surface area contributed by atoms with Crippen molar-refractivity contribution in [2.24, 2.45) is 5.92 Å². The number of carbonyl (C=O) groups is 1. The molecular weight excluding hydrogens is 271 g/mol. The molecule has 1 fully saturated rings. The Hall–Kier alpha value is -1.93. The van der Waals surface area contributed by atoms with Gasteiger partial charge in [-0.15, -0.1) is 0 Å². The van der Waals surface area contributed by atoms with Gasteiger partial charge < -0.3 is 4.74 Å². The molecule has 5 heteroatoms. The van der Waals surface area contributed by atoms with Crippen LogP contribution in [0.5, 0.6) is 0 Å². The average Bonchev–Trinajstić information content (AvgIpc) is 2.48. The number of likely N-dealkylation sites (tertiary alicyclic amines) is 1. The van der Waals surface area contributed by atoms with Gasteiger partial charge >= 0.3 is 5.97 Å². The Morgan fingerprint density at radius 3 is 2.81 bits per heavy atom. The smallest absolute Gasteiger partial charge is 0.309 e. The fourth-order valence-electron chi connectivity index (χ4n) is 2.63. The number of carbonyl (C=O) groups excluding carboxylic acids is 1. The molecule has 0 spiro atoms. The number of ether oxygens (including phenoxy) is 1. The minimum atomic E-state index is -0.328. The molecule has 0 N–H and O–H groups in total. The summed E-state index contributed by atoms with van der Waals surface area (Å²) in [7, 11) is 0. The molecule has 1 aliphatic heterocycles. The van der Waals surface area contributed by atoms with Crippen LogP contribution in [0.1, 0.15) is 30.9 Å². The minimum Gasteiger partial charge on any atom is -0.466 e. The monoisotopic (exact) mass is 290 g/mol. The summed E-state index contributed by atoms with van der Waals surface area (Å²) in [6, 6.07) is 6.31. The van der Waals surface area contributed by atoms with Crippen LogP contribution in [-0.2, 0) is 16.1 Å². The zero-order valence-corrected chi connectivity index (χ0v) is 12.1. The van der Waals surface area contributed by atoms with Gasteiger partial charge in [-0.3, -0.25) is 9.69 Å². The van der Waals surface area contributed by atoms with Crippen LogP contribution in [0.4, 0.5) is 4.39 Å². The van der Waals surface area contributed by atoms with Gasteiger partial charge in [0.25, 0.3) is 0 Å². The molecular formula is C16H19FN2O2. The summed E-state index contributed by atoms with van der Waals surface area (Å²) in [5.41, 5.74) is 1.20. The minimum absolute atomic E-state index is 0.0378. The van der Waals surface area contributed by atoms with E-state index in [9.17, 15) is 9.18 Å². The first kappa shape index (κ1) is 15.5. The summed E-state index contributed by atoms with van der Waals surface area (Å²) >= 11 is 0. The van der Waals surface area contributed by atoms with E-state index in [2.05, 4.69) is 11.0 Å². The molecule has 0 aliphatic carbocycles. The molecule has 0 atom stereocenters. The van der Waals surface area contributed by atoms with Crippen LogP contribution >= 0.6 is 0 Å². The van der Waals surface area contributed by atoms with Crippen molar-refractivity contribution < 1.29 is 13.9 Å². The SMILES string of the molecule is CCOC(=O)C1CCN(Cc2cc(F)ccc2C#N)CC1. The lowest BCUT2D eigenvalue weighted by molar-refractivity contribution is -0.149. The first-order valence-corrected chi connectivity index (χ1v) is 7.21. The fraction of sp³-hybridized carbons (Fsp3) is 0.500. The van der Waals surface area contributed by atoms with Crippen LogP contribution in [0.2, 0.25) is 0 Å². The largest absolute Gasteiger partial charge is 0.466 e. The number of hydrogen-bond donors (Lipinski definition) is 0. The van der Waals surface area contributed by atoms with Gasteiger partial charge in [0, 0.05) is 6.54 Å². The number of esters is 1. The van der Waals surface area contributed by atoms with Gasteiger partial charge in [0.1, 0.15) is 5.82 Å². The summed E-state index contributed by atoms with van der Waals surface area (Å²) in [4.78, 5) is 13.8. The predicted octanol–water partition coefficient (Wildman–Crippen LogP) is 2.47. The standard InChI is InChI=1S/C16H19FN2O2/c1-2-21-16(20)12-5-7-19(8-6-12)11-14-9-15(17)4-3-13(14)10-18/h3-4,9,12H,2,5-8,11H2,1H3. The third kappa shape index (κ3) is 4.02. The maximum Gasteiger partial charge on any atom is 0.309 e. The van der Waals surface area contributed by atoms with Gasteiger partial charge in [0.05, 0.1) is 24.2 Å². The number of piperidine rings is 1. The predicted molar refractivity (Wildman–Crippen MR) is 75.7 cm³/mol. The number of halogens is 1. The highest BCUT2D eigenvalue weighted by Crippen LogP contribution is 2.21. The molecule has 1 aliphatic rings. The van der Waals surface area contributed by atoms with E-state index in [0.717, 1.165) is 25.9 Å². The Morgan fingerprint density at radius 1 is 1.48 bits per heavy atom. The fourth-order valence-corrected chi connectivity index (χ4v) is 2.63. The van der Waals surface area contributed by atoms with E-state index in [1.165, 1.54) is 18.2 Å². The first-order valence-electron chi connectivity index (χ1n) is 7.21. The molecule has 4 nitrogen and oxygen atoms in total. The van der Waals surface area contributed by atoms with Crippen molar-refractivity contribution >= 4 is 5.97 Å². The molecule has 112 valence electrons. The third-order valence-corrected chi connectivity index (χ3v) is 3.79. The van der Waals surface area contributed by atoms with Crippen molar-refractivity contribution in [3.8, 4) is 6.07 Å². The number of hydrogen-bond acceptors (Lipinski definition) is 4.